The molecule has 6 nitrogen and oxygen atoms in total. The van der Waals surface area contributed by atoms with E-state index in [-0.39, 0.29) is 17.5 Å². The van der Waals surface area contributed by atoms with Crippen molar-refractivity contribution in [2.75, 3.05) is 13.1 Å². The summed E-state index contributed by atoms with van der Waals surface area (Å²) in [4.78, 5) is 8.72. The molecular formula is C14H20N4O2. The predicted molar refractivity (Wildman–Crippen MR) is 79.5 cm³/mol. The van der Waals surface area contributed by atoms with Crippen LogP contribution >= 0.6 is 0 Å². The number of aromatic hydroxyl groups is 2. The number of amidine groups is 2. The number of hydrogen-bond donors (Lipinski definition) is 4. The fourth-order valence-corrected chi connectivity index (χ4v) is 2.01. The van der Waals surface area contributed by atoms with Gasteiger partial charge in [-0.15, -0.1) is 0 Å². The van der Waals surface area contributed by atoms with Gasteiger partial charge in [-0.3, -0.25) is 9.98 Å². The third-order valence-electron chi connectivity index (χ3n) is 3.07. The Morgan fingerprint density at radius 2 is 2.20 bits per heavy atom. The molecule has 6 heteroatoms. The van der Waals surface area contributed by atoms with E-state index in [1.54, 1.807) is 12.1 Å². The molecule has 1 heterocycles. The van der Waals surface area contributed by atoms with Gasteiger partial charge in [-0.25, -0.2) is 0 Å². The normalized spacial score (nSPS) is 21.1. The van der Waals surface area contributed by atoms with Crippen LogP contribution in [0.2, 0.25) is 0 Å². The number of rotatable bonds is 3. The molecule has 5 N–H and O–H groups in total. The Kier molecular flexibility index (Phi) is 4.45. The number of nitrogens with one attached hydrogen (secondary N) is 1. The zero-order valence-corrected chi connectivity index (χ0v) is 11.5. The summed E-state index contributed by atoms with van der Waals surface area (Å²) in [7, 11) is 0. The Labute approximate surface area is 118 Å². The first kappa shape index (κ1) is 14.2. The molecule has 0 bridgehead atoms. The number of phenols is 2. The highest BCUT2D eigenvalue weighted by Gasteiger charge is 2.11. The zero-order valence-electron chi connectivity index (χ0n) is 11.5. The van der Waals surface area contributed by atoms with Crippen molar-refractivity contribution in [1.82, 2.24) is 5.32 Å². The van der Waals surface area contributed by atoms with E-state index < -0.39 is 0 Å². The number of benzene rings is 1. The smallest absolute Gasteiger partial charge is 0.157 e. The fraction of sp³-hybridized carbons (Fsp3) is 0.429. The third-order valence-corrected chi connectivity index (χ3v) is 3.07. The molecule has 1 aromatic rings. The van der Waals surface area contributed by atoms with Crippen LogP contribution < -0.4 is 11.1 Å². The van der Waals surface area contributed by atoms with Crippen LogP contribution in [0, 0.1) is 0 Å². The highest BCUT2D eigenvalue weighted by atomic mass is 16.3. The lowest BCUT2D eigenvalue weighted by Crippen LogP contribution is -2.34. The van der Waals surface area contributed by atoms with Crippen molar-refractivity contribution >= 4 is 11.7 Å². The van der Waals surface area contributed by atoms with Crippen LogP contribution in [0.5, 0.6) is 11.5 Å². The van der Waals surface area contributed by atoms with Gasteiger partial charge in [-0.05, 0) is 31.0 Å². The molecule has 2 rings (SSSR count). The molecule has 0 amide bonds. The van der Waals surface area contributed by atoms with E-state index in [0.717, 1.165) is 11.4 Å². The Hall–Kier alpha value is -2.24. The van der Waals surface area contributed by atoms with Crippen LogP contribution in [0.1, 0.15) is 18.9 Å². The number of nitrogens with zero attached hydrogens (tertiary/aromatic N) is 2. The van der Waals surface area contributed by atoms with Crippen molar-refractivity contribution < 1.29 is 10.2 Å². The summed E-state index contributed by atoms with van der Waals surface area (Å²) >= 11 is 0. The summed E-state index contributed by atoms with van der Waals surface area (Å²) in [6.45, 7) is 3.29. The molecule has 0 aromatic heterocycles. The van der Waals surface area contributed by atoms with Crippen LogP contribution in [0.25, 0.3) is 0 Å². The quantitative estimate of drug-likeness (QED) is 0.612. The molecular weight excluding hydrogens is 256 g/mol. The fourth-order valence-electron chi connectivity index (χ4n) is 2.01. The topological polar surface area (TPSA) is 103 Å². The van der Waals surface area contributed by atoms with Gasteiger partial charge in [0.05, 0.1) is 13.0 Å². The molecule has 1 aliphatic heterocycles. The van der Waals surface area contributed by atoms with Gasteiger partial charge in [-0.1, -0.05) is 6.07 Å². The molecule has 0 radical (unpaired) electrons. The molecule has 20 heavy (non-hydrogen) atoms. The standard InChI is InChI=1S/C14H20N4O2/c1-9-8-17-13(15)7-14(18-9)16-5-4-10-2-3-11(19)12(20)6-10/h2-3,6,9,19-20H,4-5,7-8H2,1H3,(H2,15,17)(H,16,18). The minimum atomic E-state index is -0.108. The molecule has 1 aliphatic rings. The van der Waals surface area contributed by atoms with Crippen LogP contribution in [0.15, 0.2) is 28.2 Å². The van der Waals surface area contributed by atoms with Gasteiger partial charge in [0.15, 0.2) is 11.5 Å². The first-order valence-electron chi connectivity index (χ1n) is 6.64. The van der Waals surface area contributed by atoms with Gasteiger partial charge in [-0.2, -0.15) is 0 Å². The summed E-state index contributed by atoms with van der Waals surface area (Å²) in [5.74, 6) is 1.23. The van der Waals surface area contributed by atoms with E-state index in [1.165, 1.54) is 6.07 Å². The molecule has 0 spiro atoms. The maximum Gasteiger partial charge on any atom is 0.157 e. The van der Waals surface area contributed by atoms with E-state index >= 15 is 0 Å². The molecule has 108 valence electrons. The number of aliphatic imine (C=N–C) groups is 2. The minimum Gasteiger partial charge on any atom is -0.504 e. The van der Waals surface area contributed by atoms with Crippen LogP contribution in [-0.2, 0) is 6.42 Å². The summed E-state index contributed by atoms with van der Waals surface area (Å²) in [6.07, 6.45) is 1.23. The maximum atomic E-state index is 9.42. The molecule has 1 aromatic carbocycles. The molecule has 0 fully saturated rings. The van der Waals surface area contributed by atoms with Gasteiger partial charge in [0.25, 0.3) is 0 Å². The van der Waals surface area contributed by atoms with Crippen molar-refractivity contribution in [3.05, 3.63) is 23.8 Å². The molecule has 0 saturated heterocycles. The Balaban J connectivity index is 1.95. The Morgan fingerprint density at radius 3 is 2.95 bits per heavy atom. The van der Waals surface area contributed by atoms with Gasteiger partial charge < -0.3 is 21.3 Å². The second-order valence-corrected chi connectivity index (χ2v) is 4.96. The average molecular weight is 276 g/mol. The average Bonchev–Trinajstić information content (AvgIpc) is 2.55. The lowest BCUT2D eigenvalue weighted by molar-refractivity contribution is 0.403. The Morgan fingerprint density at radius 1 is 1.40 bits per heavy atom. The van der Waals surface area contributed by atoms with E-state index in [2.05, 4.69) is 15.3 Å². The first-order valence-corrected chi connectivity index (χ1v) is 6.64. The van der Waals surface area contributed by atoms with Gasteiger partial charge in [0.2, 0.25) is 0 Å². The Bertz CT molecular complexity index is 540. The molecule has 0 saturated carbocycles. The summed E-state index contributed by atoms with van der Waals surface area (Å²) in [6, 6.07) is 5.03. The largest absolute Gasteiger partial charge is 0.504 e. The van der Waals surface area contributed by atoms with E-state index in [0.29, 0.717) is 31.8 Å². The zero-order chi connectivity index (χ0) is 14.5. The maximum absolute atomic E-state index is 9.42. The van der Waals surface area contributed by atoms with E-state index in [1.807, 2.05) is 6.92 Å². The van der Waals surface area contributed by atoms with E-state index in [9.17, 15) is 10.2 Å². The lowest BCUT2D eigenvalue weighted by Gasteiger charge is -2.11. The molecule has 1 atom stereocenters. The summed E-state index contributed by atoms with van der Waals surface area (Å²) in [5, 5.41) is 22.0. The highest BCUT2D eigenvalue weighted by molar-refractivity contribution is 6.02. The lowest BCUT2D eigenvalue weighted by atomic mass is 10.1. The predicted octanol–water partition coefficient (Wildman–Crippen LogP) is 0.778. The molecule has 0 aliphatic carbocycles. The SMILES string of the molecule is CC1CN=C(N)CC(=NCCc2ccc(O)c(O)c2)N1. The minimum absolute atomic E-state index is 0.104. The monoisotopic (exact) mass is 276 g/mol. The second kappa shape index (κ2) is 6.27. The van der Waals surface area contributed by atoms with Crippen molar-refractivity contribution in [2.24, 2.45) is 15.7 Å². The van der Waals surface area contributed by atoms with Crippen molar-refractivity contribution in [2.45, 2.75) is 25.8 Å². The van der Waals surface area contributed by atoms with Crippen LogP contribution in [-0.4, -0.2) is 41.0 Å². The van der Waals surface area contributed by atoms with Crippen molar-refractivity contribution in [1.29, 1.82) is 0 Å². The number of nitrogens with two attached hydrogens (primary N) is 1. The van der Waals surface area contributed by atoms with E-state index in [4.69, 9.17) is 5.73 Å². The van der Waals surface area contributed by atoms with Gasteiger partial charge in [0.1, 0.15) is 11.7 Å². The second-order valence-electron chi connectivity index (χ2n) is 4.96. The van der Waals surface area contributed by atoms with Crippen LogP contribution in [0.3, 0.4) is 0 Å². The van der Waals surface area contributed by atoms with Crippen molar-refractivity contribution in [3.8, 4) is 11.5 Å². The van der Waals surface area contributed by atoms with Gasteiger partial charge in [0, 0.05) is 12.6 Å². The van der Waals surface area contributed by atoms with Crippen molar-refractivity contribution in [3.63, 3.8) is 0 Å². The van der Waals surface area contributed by atoms with Crippen LogP contribution in [0.4, 0.5) is 0 Å². The highest BCUT2D eigenvalue weighted by Crippen LogP contribution is 2.24. The molecule has 1 unspecified atom stereocenters. The third kappa shape index (κ3) is 3.88. The number of phenolic OH excluding ortho intramolecular Hbond substituents is 2. The summed E-state index contributed by atoms with van der Waals surface area (Å²) < 4.78 is 0. The number of hydrogen-bond acceptors (Lipinski definition) is 5. The summed E-state index contributed by atoms with van der Waals surface area (Å²) in [5.41, 5.74) is 6.70. The van der Waals surface area contributed by atoms with Gasteiger partial charge >= 0.3 is 0 Å². The first-order chi connectivity index (χ1) is 9.54.